The van der Waals surface area contributed by atoms with Crippen LogP contribution in [0.3, 0.4) is 0 Å². The van der Waals surface area contributed by atoms with Crippen molar-refractivity contribution in [3.8, 4) is 0 Å². The van der Waals surface area contributed by atoms with Gasteiger partial charge in [0.2, 0.25) is 0 Å². The van der Waals surface area contributed by atoms with Crippen LogP contribution in [0.1, 0.15) is 12.5 Å². The van der Waals surface area contributed by atoms with E-state index >= 15 is 0 Å². The normalized spacial score (nSPS) is 10.8. The molecule has 0 aliphatic heterocycles. The van der Waals surface area contributed by atoms with Gasteiger partial charge in [-0.15, -0.1) is 0 Å². The van der Waals surface area contributed by atoms with Crippen LogP contribution < -0.4 is 5.32 Å². The third-order valence-corrected chi connectivity index (χ3v) is 2.41. The maximum absolute atomic E-state index is 4.37. The van der Waals surface area contributed by atoms with Crippen molar-refractivity contribution in [1.82, 2.24) is 9.55 Å². The van der Waals surface area contributed by atoms with Crippen LogP contribution in [0.5, 0.6) is 0 Å². The number of pyridine rings is 1. The largest absolute Gasteiger partial charge is 0.385 e. The Balaban J connectivity index is 2.72. The molecule has 3 nitrogen and oxygen atoms in total. The van der Waals surface area contributed by atoms with Crippen molar-refractivity contribution >= 4 is 16.7 Å². The van der Waals surface area contributed by atoms with Gasteiger partial charge in [0.15, 0.2) is 0 Å². The molecule has 2 heterocycles. The molecular weight excluding hydrogens is 174 g/mol. The predicted octanol–water partition coefficient (Wildman–Crippen LogP) is 2.31. The van der Waals surface area contributed by atoms with E-state index in [2.05, 4.69) is 34.9 Å². The zero-order valence-electron chi connectivity index (χ0n) is 8.83. The molecule has 2 aromatic heterocycles. The van der Waals surface area contributed by atoms with E-state index in [0.29, 0.717) is 0 Å². The Morgan fingerprint density at radius 3 is 3.00 bits per heavy atom. The first-order valence-electron chi connectivity index (χ1n) is 4.88. The number of anilines is 1. The number of nitrogens with one attached hydrogen (secondary N) is 1. The Bertz CT molecular complexity index is 457. The Morgan fingerprint density at radius 1 is 1.50 bits per heavy atom. The van der Waals surface area contributed by atoms with Gasteiger partial charge >= 0.3 is 0 Å². The third-order valence-electron chi connectivity index (χ3n) is 2.41. The number of aromatic nitrogens is 2. The molecule has 0 bridgehead atoms. The summed E-state index contributed by atoms with van der Waals surface area (Å²) in [6.07, 6.45) is 3.96. The summed E-state index contributed by atoms with van der Waals surface area (Å²) in [7, 11) is 2.03. The SMILES string of the molecule is CCNc1ccnc2c1c(C)cn2C. The molecule has 0 saturated heterocycles. The molecule has 2 rings (SSSR count). The highest BCUT2D eigenvalue weighted by Crippen LogP contribution is 2.25. The second kappa shape index (κ2) is 3.33. The number of hydrogen-bond donors (Lipinski definition) is 1. The van der Waals surface area contributed by atoms with E-state index in [1.807, 2.05) is 19.3 Å². The van der Waals surface area contributed by atoms with E-state index < -0.39 is 0 Å². The third kappa shape index (κ3) is 1.25. The van der Waals surface area contributed by atoms with E-state index in [1.54, 1.807) is 0 Å². The average molecular weight is 189 g/mol. The second-order valence-electron chi connectivity index (χ2n) is 3.51. The van der Waals surface area contributed by atoms with Gasteiger partial charge in [0.05, 0.1) is 0 Å². The van der Waals surface area contributed by atoms with Gasteiger partial charge in [0.1, 0.15) is 5.65 Å². The van der Waals surface area contributed by atoms with Crippen LogP contribution in [0.25, 0.3) is 11.0 Å². The van der Waals surface area contributed by atoms with E-state index in [4.69, 9.17) is 0 Å². The average Bonchev–Trinajstić information content (AvgIpc) is 2.44. The fourth-order valence-electron chi connectivity index (χ4n) is 1.86. The summed E-state index contributed by atoms with van der Waals surface area (Å²) in [5.74, 6) is 0. The molecule has 0 amide bonds. The van der Waals surface area contributed by atoms with Crippen LogP contribution in [0, 0.1) is 6.92 Å². The molecule has 0 spiro atoms. The molecule has 0 aromatic carbocycles. The number of fused-ring (bicyclic) bond motifs is 1. The first-order valence-corrected chi connectivity index (χ1v) is 4.88. The van der Waals surface area contributed by atoms with Crippen LogP contribution >= 0.6 is 0 Å². The highest BCUT2D eigenvalue weighted by atomic mass is 15.0. The minimum Gasteiger partial charge on any atom is -0.385 e. The van der Waals surface area contributed by atoms with Crippen molar-refractivity contribution in [3.05, 3.63) is 24.0 Å². The predicted molar refractivity (Wildman–Crippen MR) is 59.6 cm³/mol. The van der Waals surface area contributed by atoms with Crippen molar-refractivity contribution in [2.45, 2.75) is 13.8 Å². The zero-order chi connectivity index (χ0) is 10.1. The van der Waals surface area contributed by atoms with Gasteiger partial charge < -0.3 is 9.88 Å². The maximum Gasteiger partial charge on any atom is 0.141 e. The summed E-state index contributed by atoms with van der Waals surface area (Å²) in [5.41, 5.74) is 3.49. The molecular formula is C11H15N3. The standard InChI is InChI=1S/C11H15N3/c1-4-12-9-5-6-13-11-10(9)8(2)7-14(11)3/h5-7H,4H2,1-3H3,(H,12,13). The van der Waals surface area contributed by atoms with E-state index in [-0.39, 0.29) is 0 Å². The van der Waals surface area contributed by atoms with Crippen LogP contribution in [0.2, 0.25) is 0 Å². The Hall–Kier alpha value is -1.51. The molecule has 1 N–H and O–H groups in total. The summed E-state index contributed by atoms with van der Waals surface area (Å²) in [6, 6.07) is 2.03. The van der Waals surface area contributed by atoms with Crippen LogP contribution in [-0.4, -0.2) is 16.1 Å². The summed E-state index contributed by atoms with van der Waals surface area (Å²) >= 11 is 0. The minimum absolute atomic E-state index is 0.938. The van der Waals surface area contributed by atoms with Crippen molar-refractivity contribution in [3.63, 3.8) is 0 Å². The molecule has 0 unspecified atom stereocenters. The molecule has 74 valence electrons. The first-order chi connectivity index (χ1) is 6.74. The van der Waals surface area contributed by atoms with Gasteiger partial charge in [0.25, 0.3) is 0 Å². The zero-order valence-corrected chi connectivity index (χ0v) is 8.83. The lowest BCUT2D eigenvalue weighted by Gasteiger charge is -2.05. The molecule has 0 radical (unpaired) electrons. The van der Waals surface area contributed by atoms with Gasteiger partial charge in [-0.3, -0.25) is 0 Å². The molecule has 2 aromatic rings. The smallest absolute Gasteiger partial charge is 0.141 e. The molecule has 0 fully saturated rings. The van der Waals surface area contributed by atoms with Crippen molar-refractivity contribution in [2.24, 2.45) is 7.05 Å². The van der Waals surface area contributed by atoms with E-state index in [1.165, 1.54) is 16.6 Å². The first kappa shape index (κ1) is 9.06. The van der Waals surface area contributed by atoms with Crippen LogP contribution in [-0.2, 0) is 7.05 Å². The summed E-state index contributed by atoms with van der Waals surface area (Å²) in [5, 5.41) is 4.58. The fraction of sp³-hybridized carbons (Fsp3) is 0.364. The molecule has 0 aliphatic rings. The van der Waals surface area contributed by atoms with Gasteiger partial charge in [-0.05, 0) is 25.5 Å². The number of rotatable bonds is 2. The molecule has 0 saturated carbocycles. The minimum atomic E-state index is 0.938. The lowest BCUT2D eigenvalue weighted by Crippen LogP contribution is -1.98. The van der Waals surface area contributed by atoms with Crippen molar-refractivity contribution in [1.29, 1.82) is 0 Å². The van der Waals surface area contributed by atoms with Crippen LogP contribution in [0.4, 0.5) is 5.69 Å². The topological polar surface area (TPSA) is 29.9 Å². The summed E-state index contributed by atoms with van der Waals surface area (Å²) < 4.78 is 2.06. The Kier molecular flexibility index (Phi) is 2.15. The lowest BCUT2D eigenvalue weighted by atomic mass is 10.2. The highest BCUT2D eigenvalue weighted by molar-refractivity contribution is 5.92. The molecule has 0 aliphatic carbocycles. The second-order valence-corrected chi connectivity index (χ2v) is 3.51. The van der Waals surface area contributed by atoms with Crippen LogP contribution in [0.15, 0.2) is 18.5 Å². The molecule has 0 atom stereocenters. The van der Waals surface area contributed by atoms with Crippen molar-refractivity contribution < 1.29 is 0 Å². The Labute approximate surface area is 83.8 Å². The quantitative estimate of drug-likeness (QED) is 0.785. The van der Waals surface area contributed by atoms with Gasteiger partial charge in [-0.25, -0.2) is 4.98 Å². The van der Waals surface area contributed by atoms with Gasteiger partial charge in [-0.2, -0.15) is 0 Å². The van der Waals surface area contributed by atoms with E-state index in [0.717, 1.165) is 12.2 Å². The maximum atomic E-state index is 4.37. The molecule has 3 heteroatoms. The monoisotopic (exact) mass is 189 g/mol. The van der Waals surface area contributed by atoms with E-state index in [9.17, 15) is 0 Å². The summed E-state index contributed by atoms with van der Waals surface area (Å²) in [4.78, 5) is 4.37. The van der Waals surface area contributed by atoms with Crippen molar-refractivity contribution in [2.75, 3.05) is 11.9 Å². The number of nitrogens with zero attached hydrogens (tertiary/aromatic N) is 2. The van der Waals surface area contributed by atoms with Gasteiger partial charge in [0, 0.05) is 37.1 Å². The summed E-state index contributed by atoms with van der Waals surface area (Å²) in [6.45, 7) is 5.16. The lowest BCUT2D eigenvalue weighted by molar-refractivity contribution is 0.944. The highest BCUT2D eigenvalue weighted by Gasteiger charge is 2.07. The molecule has 14 heavy (non-hydrogen) atoms. The Morgan fingerprint density at radius 2 is 2.29 bits per heavy atom. The fourth-order valence-corrected chi connectivity index (χ4v) is 1.86. The van der Waals surface area contributed by atoms with Gasteiger partial charge in [-0.1, -0.05) is 0 Å². The number of aryl methyl sites for hydroxylation is 2. The number of hydrogen-bond acceptors (Lipinski definition) is 2.